The lowest BCUT2D eigenvalue weighted by molar-refractivity contribution is -0.239. The van der Waals surface area contributed by atoms with Crippen molar-refractivity contribution in [3.8, 4) is 0 Å². The van der Waals surface area contributed by atoms with Crippen LogP contribution >= 0.6 is 0 Å². The molecule has 2 aliphatic carbocycles. The summed E-state index contributed by atoms with van der Waals surface area (Å²) in [4.78, 5) is 49.0. The van der Waals surface area contributed by atoms with Crippen LogP contribution in [0.2, 0.25) is 0 Å². The van der Waals surface area contributed by atoms with Crippen molar-refractivity contribution in [3.05, 3.63) is 24.3 Å². The first-order valence-corrected chi connectivity index (χ1v) is 15.7. The van der Waals surface area contributed by atoms with E-state index in [0.717, 1.165) is 51.4 Å². The van der Waals surface area contributed by atoms with Gasteiger partial charge in [0.1, 0.15) is 0 Å². The predicted octanol–water partition coefficient (Wildman–Crippen LogP) is 2.61. The fourth-order valence-electron chi connectivity index (χ4n) is 8.34. The van der Waals surface area contributed by atoms with Gasteiger partial charge in [-0.3, -0.25) is 9.59 Å². The van der Waals surface area contributed by atoms with E-state index < -0.39 is 46.4 Å². The number of nitrogens with one attached hydrogen (secondary N) is 2. The molecule has 0 bridgehead atoms. The van der Waals surface area contributed by atoms with Gasteiger partial charge >= 0.3 is 11.9 Å². The lowest BCUT2D eigenvalue weighted by Crippen LogP contribution is -2.80. The van der Waals surface area contributed by atoms with Crippen LogP contribution in [0.1, 0.15) is 91.9 Å². The molecule has 4 N–H and O–H groups in total. The molecule has 42 heavy (non-hydrogen) atoms. The lowest BCUT2D eigenvalue weighted by Gasteiger charge is -2.54. The first-order chi connectivity index (χ1) is 19.9. The molecule has 6 aliphatic rings. The number of esters is 2. The zero-order valence-electron chi connectivity index (χ0n) is 25.2. The Hall–Kier alpha value is -2.72. The molecule has 10 nitrogen and oxygen atoms in total. The van der Waals surface area contributed by atoms with Gasteiger partial charge in [-0.25, -0.2) is 9.59 Å². The fourth-order valence-corrected chi connectivity index (χ4v) is 8.34. The first-order valence-electron chi connectivity index (χ1n) is 15.7. The van der Waals surface area contributed by atoms with E-state index in [0.29, 0.717) is 12.8 Å². The Morgan fingerprint density at radius 3 is 1.43 bits per heavy atom. The molecule has 4 fully saturated rings. The van der Waals surface area contributed by atoms with Crippen molar-refractivity contribution in [2.75, 3.05) is 0 Å². The highest BCUT2D eigenvalue weighted by Crippen LogP contribution is 2.54. The summed E-state index contributed by atoms with van der Waals surface area (Å²) in [5, 5.41) is 27.2. The van der Waals surface area contributed by atoms with Crippen molar-refractivity contribution in [1.82, 2.24) is 10.6 Å². The molecular formula is C32H46N2O8. The van der Waals surface area contributed by atoms with Crippen LogP contribution in [0.5, 0.6) is 0 Å². The number of aliphatic hydroxyl groups excluding tert-OH is 2. The van der Waals surface area contributed by atoms with Gasteiger partial charge in [0, 0.05) is 11.8 Å². The number of allylic oxidation sites excluding steroid dienone is 2. The van der Waals surface area contributed by atoms with Crippen LogP contribution in [-0.2, 0) is 28.7 Å². The third kappa shape index (κ3) is 4.11. The summed E-state index contributed by atoms with van der Waals surface area (Å²) in [6, 6.07) is 0. The van der Waals surface area contributed by atoms with Gasteiger partial charge in [0.15, 0.2) is 11.2 Å². The molecule has 4 saturated heterocycles. The predicted molar refractivity (Wildman–Crippen MR) is 153 cm³/mol. The third-order valence-corrected chi connectivity index (χ3v) is 10.9. The number of hydrogen-bond acceptors (Lipinski definition) is 8. The van der Waals surface area contributed by atoms with Crippen LogP contribution in [0.3, 0.4) is 0 Å². The number of ether oxygens (including phenoxy) is 2. The van der Waals surface area contributed by atoms with E-state index in [4.69, 9.17) is 9.47 Å². The minimum Gasteiger partial charge on any atom is -0.453 e. The highest BCUT2D eigenvalue weighted by molar-refractivity contribution is 6.02. The second-order valence-corrected chi connectivity index (χ2v) is 13.2. The molecule has 0 aromatic carbocycles. The number of fused-ring (bicyclic) bond motifs is 2. The van der Waals surface area contributed by atoms with Gasteiger partial charge < -0.3 is 30.3 Å². The highest BCUT2D eigenvalue weighted by Gasteiger charge is 2.80. The summed E-state index contributed by atoms with van der Waals surface area (Å²) in [5.41, 5.74) is -4.39. The summed E-state index contributed by atoms with van der Waals surface area (Å²) < 4.78 is 10.8. The van der Waals surface area contributed by atoms with Crippen LogP contribution in [-0.4, -0.2) is 68.5 Å². The Bertz CT molecular complexity index is 1100. The summed E-state index contributed by atoms with van der Waals surface area (Å²) in [6.45, 7) is 7.56. The van der Waals surface area contributed by atoms with Crippen LogP contribution in [0.25, 0.3) is 0 Å². The average Bonchev–Trinajstić information content (AvgIpc) is 3.27. The van der Waals surface area contributed by atoms with Crippen molar-refractivity contribution < 1.29 is 38.9 Å². The van der Waals surface area contributed by atoms with E-state index in [9.17, 15) is 29.4 Å². The summed E-state index contributed by atoms with van der Waals surface area (Å²) in [6.07, 6.45) is 14.8. The molecule has 6 rings (SSSR count). The number of carbonyl (C=O) groups is 4. The monoisotopic (exact) mass is 586 g/mol. The molecule has 0 aromatic rings. The number of aliphatic hydroxyl groups is 2. The van der Waals surface area contributed by atoms with Gasteiger partial charge in [0.25, 0.3) is 0 Å². The van der Waals surface area contributed by atoms with Gasteiger partial charge in [-0.15, -0.1) is 0 Å². The molecule has 10 heteroatoms. The molecule has 0 aromatic heterocycles. The molecule has 0 saturated carbocycles. The Labute approximate surface area is 247 Å². The van der Waals surface area contributed by atoms with Gasteiger partial charge in [0.05, 0.1) is 24.0 Å². The molecular weight excluding hydrogens is 540 g/mol. The maximum absolute atomic E-state index is 12.3. The Balaban J connectivity index is 0.000000168. The Morgan fingerprint density at radius 2 is 1.14 bits per heavy atom. The van der Waals surface area contributed by atoms with Gasteiger partial charge in [-0.05, 0) is 65.2 Å². The topological polar surface area (TPSA) is 151 Å². The number of hydrogen-bond donors (Lipinski definition) is 4. The molecule has 0 spiro atoms. The van der Waals surface area contributed by atoms with Gasteiger partial charge in [0.2, 0.25) is 22.9 Å². The Kier molecular flexibility index (Phi) is 8.11. The number of rotatable bonds is 8. The average molecular weight is 587 g/mol. The number of amides is 2. The van der Waals surface area contributed by atoms with Crippen molar-refractivity contribution in [3.63, 3.8) is 0 Å². The smallest absolute Gasteiger partial charge is 0.339 e. The largest absolute Gasteiger partial charge is 0.453 e. The van der Waals surface area contributed by atoms with E-state index in [2.05, 4.69) is 10.6 Å². The zero-order valence-corrected chi connectivity index (χ0v) is 25.2. The number of carbonyl (C=O) groups excluding carboxylic acids is 4. The van der Waals surface area contributed by atoms with Crippen LogP contribution < -0.4 is 10.6 Å². The molecule has 232 valence electrons. The maximum atomic E-state index is 12.3. The fraction of sp³-hybridized carbons (Fsp3) is 0.750. The van der Waals surface area contributed by atoms with E-state index in [1.54, 1.807) is 13.8 Å². The van der Waals surface area contributed by atoms with Crippen molar-refractivity contribution >= 4 is 23.8 Å². The second-order valence-electron chi connectivity index (χ2n) is 13.2. The van der Waals surface area contributed by atoms with Crippen molar-refractivity contribution in [1.29, 1.82) is 0 Å². The van der Waals surface area contributed by atoms with Crippen molar-refractivity contribution in [2.45, 2.75) is 126 Å². The van der Waals surface area contributed by atoms with Crippen LogP contribution in [0, 0.1) is 23.7 Å². The molecule has 0 radical (unpaired) electrons. The van der Waals surface area contributed by atoms with Crippen LogP contribution in [0.4, 0.5) is 0 Å². The zero-order chi connectivity index (χ0) is 30.5. The quantitative estimate of drug-likeness (QED) is 0.250. The standard InChI is InChI=1S/2C16H23NO4/c2*1-3-7-11-13(19)17-16(14(20)21-15(11,16)2)12(18)10-8-5-4-6-9-10/h2*5,8,10-12,18H,3-4,6-7,9H2,1-2H3,(H,17,19)/t10-,11+,12+,15+,16+;10-,11+,12-,15+,16+/m11/s1. The molecule has 0 unspecified atom stereocenters. The van der Waals surface area contributed by atoms with E-state index in [1.165, 1.54) is 0 Å². The van der Waals surface area contributed by atoms with E-state index in [1.807, 2.05) is 38.2 Å². The van der Waals surface area contributed by atoms with Gasteiger partial charge in [-0.2, -0.15) is 0 Å². The lowest BCUT2D eigenvalue weighted by atomic mass is 9.64. The maximum Gasteiger partial charge on any atom is 0.339 e. The van der Waals surface area contributed by atoms with E-state index in [-0.39, 0.29) is 35.5 Å². The molecule has 2 amide bonds. The van der Waals surface area contributed by atoms with E-state index >= 15 is 0 Å². The molecule has 4 aliphatic heterocycles. The molecule has 4 heterocycles. The first kappa shape index (κ1) is 30.7. The third-order valence-electron chi connectivity index (χ3n) is 10.9. The SMILES string of the molecule is CCC[C@H]1C(=O)N[C@@]2([C@@H](O)[C@@H]3C=CCCC3)C(=O)O[C@@]12C.CCC[C@H]1C(=O)N[C@@]2([C@H](O)[C@@H]3C=CCCC3)C(=O)O[C@@]12C. The second kappa shape index (κ2) is 11.1. The Morgan fingerprint density at radius 1 is 0.762 bits per heavy atom. The summed E-state index contributed by atoms with van der Waals surface area (Å²) >= 11 is 0. The minimum atomic E-state index is -1.27. The summed E-state index contributed by atoms with van der Waals surface area (Å²) in [5.74, 6) is -2.30. The van der Waals surface area contributed by atoms with Crippen molar-refractivity contribution in [2.24, 2.45) is 23.7 Å². The normalized spacial score (nSPS) is 42.8. The molecule has 10 atom stereocenters. The van der Waals surface area contributed by atoms with Crippen LogP contribution in [0.15, 0.2) is 24.3 Å². The van der Waals surface area contributed by atoms with Gasteiger partial charge in [-0.1, -0.05) is 51.0 Å². The highest BCUT2D eigenvalue weighted by atomic mass is 16.6. The minimum absolute atomic E-state index is 0.105. The summed E-state index contributed by atoms with van der Waals surface area (Å²) in [7, 11) is 0.